The largest absolute Gasteiger partial charge is 0.496 e. The highest BCUT2D eigenvalue weighted by Crippen LogP contribution is 2.33. The van der Waals surface area contributed by atoms with Crippen LogP contribution in [0.2, 0.25) is 0 Å². The van der Waals surface area contributed by atoms with E-state index in [1.54, 1.807) is 41.6 Å². The Morgan fingerprint density at radius 2 is 1.81 bits per heavy atom. The predicted molar refractivity (Wildman–Crippen MR) is 116 cm³/mol. The third kappa shape index (κ3) is 4.66. The number of benzene rings is 2. The van der Waals surface area contributed by atoms with Gasteiger partial charge in [0, 0.05) is 33.0 Å². The van der Waals surface area contributed by atoms with E-state index in [1.165, 1.54) is 19.2 Å². The zero-order valence-electron chi connectivity index (χ0n) is 17.3. The van der Waals surface area contributed by atoms with E-state index in [0.717, 1.165) is 18.6 Å². The molecule has 2 aromatic carbocycles. The molecule has 0 radical (unpaired) electrons. The Morgan fingerprint density at radius 1 is 1.12 bits per heavy atom. The number of anilines is 1. The average Bonchev–Trinajstić information content (AvgIpc) is 3.27. The Kier molecular flexibility index (Phi) is 5.98. The van der Waals surface area contributed by atoms with E-state index in [-0.39, 0.29) is 13.4 Å². The maximum Gasteiger partial charge on any atom is 0.416 e. The lowest BCUT2D eigenvalue weighted by Crippen LogP contribution is -2.32. The Morgan fingerprint density at radius 3 is 2.47 bits per heavy atom. The minimum absolute atomic E-state index is 0. The number of nitrogens with zero attached hydrogens (tertiary/aromatic N) is 3. The summed E-state index contributed by atoms with van der Waals surface area (Å²) in [5.41, 5.74) is 0.858. The van der Waals surface area contributed by atoms with Crippen LogP contribution in [0.3, 0.4) is 0 Å². The molecule has 1 aromatic heterocycles. The SMILES string of the molecule is COc1ccc(-c2ccc(C(F)(F)F)cc2)cc1C(=O)N1CC[C@@H](Nc2ncccn2)C1.[HH]. The zero-order chi connectivity index (χ0) is 22.7. The standard InChI is InChI=1S/C23H21F3N4O2.H2/c1-32-20-8-5-16(15-3-6-17(7-4-15)23(24,25)26)13-19(20)21(31)30-12-9-18(14-30)29-22-27-10-2-11-28-22;/h2-8,10-11,13,18H,9,12,14H2,1H3,(H,27,28,29);1H/t18-;/m1./s1. The van der Waals surface area contributed by atoms with Gasteiger partial charge in [-0.05, 0) is 47.9 Å². The second-order valence-electron chi connectivity index (χ2n) is 7.44. The van der Waals surface area contributed by atoms with Crippen molar-refractivity contribution in [3.8, 4) is 16.9 Å². The number of hydrogen-bond acceptors (Lipinski definition) is 5. The van der Waals surface area contributed by atoms with Crippen molar-refractivity contribution in [1.29, 1.82) is 0 Å². The molecule has 0 bridgehead atoms. The van der Waals surface area contributed by atoms with Crippen LogP contribution in [0.15, 0.2) is 60.9 Å². The number of carbonyl (C=O) groups is 1. The lowest BCUT2D eigenvalue weighted by atomic mass is 10.0. The number of alkyl halides is 3. The Bertz CT molecular complexity index is 1100. The molecule has 6 nitrogen and oxygen atoms in total. The highest BCUT2D eigenvalue weighted by Gasteiger charge is 2.31. The van der Waals surface area contributed by atoms with Gasteiger partial charge in [0.2, 0.25) is 5.95 Å². The summed E-state index contributed by atoms with van der Waals surface area (Å²) >= 11 is 0. The molecule has 1 N–H and O–H groups in total. The third-order valence-corrected chi connectivity index (χ3v) is 5.35. The number of likely N-dealkylation sites (tertiary alicyclic amines) is 1. The van der Waals surface area contributed by atoms with Crippen LogP contribution in [0.1, 0.15) is 23.8 Å². The average molecular weight is 444 g/mol. The second-order valence-corrected chi connectivity index (χ2v) is 7.44. The van der Waals surface area contributed by atoms with Crippen LogP contribution in [-0.4, -0.2) is 47.0 Å². The molecule has 3 aromatic rings. The second kappa shape index (κ2) is 8.86. The summed E-state index contributed by atoms with van der Waals surface area (Å²) in [7, 11) is 1.48. The maximum absolute atomic E-state index is 13.2. The third-order valence-electron chi connectivity index (χ3n) is 5.35. The highest BCUT2D eigenvalue weighted by atomic mass is 19.4. The summed E-state index contributed by atoms with van der Waals surface area (Å²) in [6.07, 6.45) is -0.370. The van der Waals surface area contributed by atoms with Crippen LogP contribution in [0.25, 0.3) is 11.1 Å². The monoisotopic (exact) mass is 444 g/mol. The molecule has 0 saturated carbocycles. The quantitative estimate of drug-likeness (QED) is 0.616. The molecule has 0 unspecified atom stereocenters. The highest BCUT2D eigenvalue weighted by molar-refractivity contribution is 5.98. The molecular formula is C23H23F3N4O2. The van der Waals surface area contributed by atoms with Crippen LogP contribution in [0.4, 0.5) is 19.1 Å². The molecule has 1 aliphatic heterocycles. The van der Waals surface area contributed by atoms with Crippen molar-refractivity contribution < 1.29 is 24.1 Å². The Balaban J connectivity index is 0.00000306. The van der Waals surface area contributed by atoms with Gasteiger partial charge in [-0.25, -0.2) is 9.97 Å². The minimum Gasteiger partial charge on any atom is -0.496 e. The van der Waals surface area contributed by atoms with Crippen molar-refractivity contribution in [2.45, 2.75) is 18.6 Å². The van der Waals surface area contributed by atoms with E-state index in [2.05, 4.69) is 15.3 Å². The number of carbonyl (C=O) groups excluding carboxylic acids is 1. The first-order valence-corrected chi connectivity index (χ1v) is 10.0. The first-order chi connectivity index (χ1) is 15.3. The van der Waals surface area contributed by atoms with Crippen molar-refractivity contribution in [2.75, 3.05) is 25.5 Å². The molecule has 1 fully saturated rings. The van der Waals surface area contributed by atoms with E-state index < -0.39 is 11.7 Å². The minimum atomic E-state index is -4.40. The number of ether oxygens (including phenoxy) is 1. The molecular weight excluding hydrogens is 421 g/mol. The normalized spacial score (nSPS) is 16.1. The number of nitrogens with one attached hydrogen (secondary N) is 1. The van der Waals surface area contributed by atoms with Gasteiger partial charge in [-0.15, -0.1) is 0 Å². The van der Waals surface area contributed by atoms with Gasteiger partial charge >= 0.3 is 6.18 Å². The number of amides is 1. The summed E-state index contributed by atoms with van der Waals surface area (Å²) in [6.45, 7) is 1.03. The van der Waals surface area contributed by atoms with E-state index in [0.29, 0.717) is 41.5 Å². The molecule has 1 atom stereocenters. The number of hydrogen-bond donors (Lipinski definition) is 1. The Hall–Kier alpha value is -3.62. The van der Waals surface area contributed by atoms with Gasteiger partial charge in [0.1, 0.15) is 5.75 Å². The van der Waals surface area contributed by atoms with Crippen LogP contribution in [0, 0.1) is 0 Å². The van der Waals surface area contributed by atoms with Gasteiger partial charge < -0.3 is 15.0 Å². The molecule has 1 aliphatic rings. The van der Waals surface area contributed by atoms with Crippen LogP contribution < -0.4 is 10.1 Å². The molecule has 32 heavy (non-hydrogen) atoms. The van der Waals surface area contributed by atoms with E-state index in [9.17, 15) is 18.0 Å². The fraction of sp³-hybridized carbons (Fsp3) is 0.261. The number of rotatable bonds is 5. The molecule has 168 valence electrons. The van der Waals surface area contributed by atoms with E-state index >= 15 is 0 Å². The topological polar surface area (TPSA) is 67.3 Å². The van der Waals surface area contributed by atoms with Gasteiger partial charge in [0.05, 0.1) is 18.2 Å². The van der Waals surface area contributed by atoms with Gasteiger partial charge in [0.25, 0.3) is 5.91 Å². The fourth-order valence-electron chi connectivity index (χ4n) is 3.70. The van der Waals surface area contributed by atoms with Gasteiger partial charge in [-0.2, -0.15) is 13.2 Å². The Labute approximate surface area is 184 Å². The molecule has 0 aliphatic carbocycles. The lowest BCUT2D eigenvalue weighted by Gasteiger charge is -2.19. The van der Waals surface area contributed by atoms with Gasteiger partial charge in [-0.3, -0.25) is 4.79 Å². The molecule has 2 heterocycles. The molecule has 4 rings (SSSR count). The summed E-state index contributed by atoms with van der Waals surface area (Å²) in [5, 5.41) is 3.22. The summed E-state index contributed by atoms with van der Waals surface area (Å²) < 4.78 is 43.9. The van der Waals surface area contributed by atoms with E-state index in [4.69, 9.17) is 4.74 Å². The van der Waals surface area contributed by atoms with Gasteiger partial charge in [0.15, 0.2) is 0 Å². The number of halogens is 3. The first-order valence-electron chi connectivity index (χ1n) is 10.0. The van der Waals surface area contributed by atoms with Crippen LogP contribution in [-0.2, 0) is 6.18 Å². The maximum atomic E-state index is 13.2. The van der Waals surface area contributed by atoms with Crippen molar-refractivity contribution in [3.63, 3.8) is 0 Å². The van der Waals surface area contributed by atoms with Crippen molar-refractivity contribution >= 4 is 11.9 Å². The van der Waals surface area contributed by atoms with Crippen molar-refractivity contribution in [1.82, 2.24) is 14.9 Å². The van der Waals surface area contributed by atoms with Crippen LogP contribution in [0.5, 0.6) is 5.75 Å². The molecule has 0 spiro atoms. The molecule has 1 saturated heterocycles. The fourth-order valence-corrected chi connectivity index (χ4v) is 3.70. The summed E-state index contributed by atoms with van der Waals surface area (Å²) in [4.78, 5) is 23.2. The van der Waals surface area contributed by atoms with Gasteiger partial charge in [-0.1, -0.05) is 18.2 Å². The predicted octanol–water partition coefficient (Wildman–Crippen LogP) is 4.74. The van der Waals surface area contributed by atoms with Crippen molar-refractivity contribution in [2.24, 2.45) is 0 Å². The zero-order valence-corrected chi connectivity index (χ0v) is 17.3. The first kappa shape index (κ1) is 21.6. The molecule has 9 heteroatoms. The molecule has 1 amide bonds. The summed E-state index contributed by atoms with van der Waals surface area (Å²) in [6, 6.07) is 11.6. The smallest absolute Gasteiger partial charge is 0.416 e. The number of methoxy groups -OCH3 is 1. The lowest BCUT2D eigenvalue weighted by molar-refractivity contribution is -0.137. The van der Waals surface area contributed by atoms with Crippen molar-refractivity contribution in [3.05, 3.63) is 72.1 Å². The number of aromatic nitrogens is 2. The van der Waals surface area contributed by atoms with Crippen LogP contribution >= 0.6 is 0 Å². The van der Waals surface area contributed by atoms with E-state index in [1.807, 2.05) is 0 Å². The summed E-state index contributed by atoms with van der Waals surface area (Å²) in [5.74, 6) is 0.719.